The minimum atomic E-state index is 0.0888. The second-order valence-electron chi connectivity index (χ2n) is 4.63. The maximum atomic E-state index is 8.63. The molecule has 1 N–H and O–H groups in total. The van der Waals surface area contributed by atoms with Gasteiger partial charge in [-0.2, -0.15) is 0 Å². The maximum absolute atomic E-state index is 8.63. The van der Waals surface area contributed by atoms with E-state index in [2.05, 4.69) is 13.8 Å². The van der Waals surface area contributed by atoms with Gasteiger partial charge in [0.05, 0.1) is 38.6 Å². The summed E-state index contributed by atoms with van der Waals surface area (Å²) < 4.78 is 16.5. The largest absolute Gasteiger partial charge is 0.394 e. The smallest absolute Gasteiger partial charge is 0.0704 e. The Balaban J connectivity index is 3.28. The molecule has 0 amide bonds. The molecule has 2 unspecified atom stereocenters. The summed E-state index contributed by atoms with van der Waals surface area (Å²) in [4.78, 5) is 0. The Morgan fingerprint density at radius 1 is 0.889 bits per heavy atom. The first-order chi connectivity index (χ1) is 8.70. The van der Waals surface area contributed by atoms with Gasteiger partial charge in [0.15, 0.2) is 0 Å². The average Bonchev–Trinajstić information content (AvgIpc) is 2.38. The van der Waals surface area contributed by atoms with E-state index in [0.717, 1.165) is 25.9 Å². The first-order valence-electron chi connectivity index (χ1n) is 7.12. The number of aliphatic hydroxyl groups is 1. The summed E-state index contributed by atoms with van der Waals surface area (Å²) in [6, 6.07) is 0. The van der Waals surface area contributed by atoms with Gasteiger partial charge in [-0.3, -0.25) is 0 Å². The van der Waals surface area contributed by atoms with Crippen molar-refractivity contribution in [3.05, 3.63) is 0 Å². The monoisotopic (exact) mass is 262 g/mol. The van der Waals surface area contributed by atoms with E-state index in [1.165, 1.54) is 6.42 Å². The second-order valence-corrected chi connectivity index (χ2v) is 4.63. The molecule has 0 rings (SSSR count). The molecule has 0 radical (unpaired) electrons. The number of ether oxygens (including phenoxy) is 3. The molecule has 2 atom stereocenters. The van der Waals surface area contributed by atoms with Gasteiger partial charge >= 0.3 is 0 Å². The van der Waals surface area contributed by atoms with Crippen LogP contribution in [0.1, 0.15) is 46.5 Å². The van der Waals surface area contributed by atoms with Crippen molar-refractivity contribution in [1.29, 1.82) is 0 Å². The molecule has 0 bridgehead atoms. The molecule has 0 aliphatic heterocycles. The lowest BCUT2D eigenvalue weighted by atomic mass is 10.1. The van der Waals surface area contributed by atoms with Crippen LogP contribution in [0.3, 0.4) is 0 Å². The summed E-state index contributed by atoms with van der Waals surface area (Å²) in [5.41, 5.74) is 0. The summed E-state index contributed by atoms with van der Waals surface area (Å²) in [5.74, 6) is 0. The number of rotatable bonds is 13. The summed E-state index contributed by atoms with van der Waals surface area (Å²) >= 11 is 0. The molecular weight excluding hydrogens is 232 g/mol. The van der Waals surface area contributed by atoms with Crippen molar-refractivity contribution in [2.45, 2.75) is 58.7 Å². The van der Waals surface area contributed by atoms with Crippen LogP contribution in [0.5, 0.6) is 0 Å². The molecule has 0 spiro atoms. The van der Waals surface area contributed by atoms with Crippen LogP contribution >= 0.6 is 0 Å². The van der Waals surface area contributed by atoms with Crippen LogP contribution in [0.15, 0.2) is 0 Å². The van der Waals surface area contributed by atoms with Crippen molar-refractivity contribution in [3.63, 3.8) is 0 Å². The van der Waals surface area contributed by atoms with Crippen molar-refractivity contribution in [2.24, 2.45) is 0 Å². The highest BCUT2D eigenvalue weighted by atomic mass is 16.5. The fraction of sp³-hybridized carbons (Fsp3) is 1.00. The van der Waals surface area contributed by atoms with Crippen LogP contribution in [0.4, 0.5) is 0 Å². The van der Waals surface area contributed by atoms with E-state index in [-0.39, 0.29) is 18.8 Å². The van der Waals surface area contributed by atoms with Gasteiger partial charge in [-0.05, 0) is 33.1 Å². The lowest BCUT2D eigenvalue weighted by Gasteiger charge is -2.16. The summed E-state index contributed by atoms with van der Waals surface area (Å²) in [7, 11) is 0. The van der Waals surface area contributed by atoms with Crippen LogP contribution in [0.25, 0.3) is 0 Å². The van der Waals surface area contributed by atoms with Crippen LogP contribution in [0.2, 0.25) is 0 Å². The van der Waals surface area contributed by atoms with Crippen molar-refractivity contribution in [2.75, 3.05) is 33.0 Å². The van der Waals surface area contributed by atoms with Gasteiger partial charge in [0.25, 0.3) is 0 Å². The molecule has 0 heterocycles. The molecule has 0 aromatic rings. The number of hydrogen-bond acceptors (Lipinski definition) is 4. The average molecular weight is 262 g/mol. The normalized spacial score (nSPS) is 14.7. The minimum absolute atomic E-state index is 0.0888. The SMILES string of the molecule is CCCCOCCOC(C)CCC(C)OCCO. The van der Waals surface area contributed by atoms with Crippen LogP contribution in [-0.2, 0) is 14.2 Å². The molecular formula is C14H30O4. The molecule has 4 nitrogen and oxygen atoms in total. The van der Waals surface area contributed by atoms with Crippen LogP contribution < -0.4 is 0 Å². The van der Waals surface area contributed by atoms with E-state index in [1.807, 2.05) is 6.92 Å². The van der Waals surface area contributed by atoms with Gasteiger partial charge in [0.1, 0.15) is 0 Å². The molecule has 0 saturated carbocycles. The Kier molecular flexibility index (Phi) is 13.2. The van der Waals surface area contributed by atoms with E-state index in [1.54, 1.807) is 0 Å². The zero-order valence-corrected chi connectivity index (χ0v) is 12.2. The Labute approximate surface area is 112 Å². The van der Waals surface area contributed by atoms with Crippen molar-refractivity contribution in [1.82, 2.24) is 0 Å². The summed E-state index contributed by atoms with van der Waals surface area (Å²) in [6.45, 7) is 8.94. The zero-order chi connectivity index (χ0) is 13.6. The molecule has 0 aromatic carbocycles. The molecule has 110 valence electrons. The quantitative estimate of drug-likeness (QED) is 0.518. The van der Waals surface area contributed by atoms with Crippen LogP contribution in [0, 0.1) is 0 Å². The van der Waals surface area contributed by atoms with E-state index < -0.39 is 0 Å². The first-order valence-corrected chi connectivity index (χ1v) is 7.12. The third-order valence-corrected chi connectivity index (χ3v) is 2.75. The summed E-state index contributed by atoms with van der Waals surface area (Å²) in [6.07, 6.45) is 4.64. The van der Waals surface area contributed by atoms with E-state index in [4.69, 9.17) is 19.3 Å². The molecule has 0 aliphatic rings. The highest BCUT2D eigenvalue weighted by Crippen LogP contribution is 2.07. The summed E-state index contributed by atoms with van der Waals surface area (Å²) in [5, 5.41) is 8.63. The van der Waals surface area contributed by atoms with Crippen molar-refractivity contribution >= 4 is 0 Å². The Bertz CT molecular complexity index is 164. The van der Waals surface area contributed by atoms with Gasteiger partial charge in [-0.15, -0.1) is 0 Å². The predicted molar refractivity (Wildman–Crippen MR) is 72.9 cm³/mol. The third-order valence-electron chi connectivity index (χ3n) is 2.75. The fourth-order valence-electron chi connectivity index (χ4n) is 1.55. The minimum Gasteiger partial charge on any atom is -0.394 e. The molecule has 0 fully saturated rings. The fourth-order valence-corrected chi connectivity index (χ4v) is 1.55. The number of hydrogen-bond donors (Lipinski definition) is 1. The second kappa shape index (κ2) is 13.3. The van der Waals surface area contributed by atoms with Crippen molar-refractivity contribution in [3.8, 4) is 0 Å². The molecule has 0 saturated heterocycles. The highest BCUT2D eigenvalue weighted by molar-refractivity contribution is 4.56. The molecule has 0 aromatic heterocycles. The Hall–Kier alpha value is -0.160. The lowest BCUT2D eigenvalue weighted by Crippen LogP contribution is -2.17. The Morgan fingerprint density at radius 2 is 1.50 bits per heavy atom. The van der Waals surface area contributed by atoms with Gasteiger partial charge in [0, 0.05) is 6.61 Å². The van der Waals surface area contributed by atoms with E-state index in [0.29, 0.717) is 19.8 Å². The maximum Gasteiger partial charge on any atom is 0.0704 e. The zero-order valence-electron chi connectivity index (χ0n) is 12.2. The third kappa shape index (κ3) is 12.3. The van der Waals surface area contributed by atoms with E-state index in [9.17, 15) is 0 Å². The first kappa shape index (κ1) is 17.8. The molecule has 4 heteroatoms. The molecule has 0 aliphatic carbocycles. The van der Waals surface area contributed by atoms with Gasteiger partial charge in [-0.25, -0.2) is 0 Å². The Morgan fingerprint density at radius 3 is 2.06 bits per heavy atom. The topological polar surface area (TPSA) is 47.9 Å². The van der Waals surface area contributed by atoms with Gasteiger partial charge in [0.2, 0.25) is 0 Å². The van der Waals surface area contributed by atoms with E-state index >= 15 is 0 Å². The molecule has 18 heavy (non-hydrogen) atoms. The van der Waals surface area contributed by atoms with Gasteiger partial charge < -0.3 is 19.3 Å². The lowest BCUT2D eigenvalue weighted by molar-refractivity contribution is -0.00686. The standard InChI is InChI=1S/C14H30O4/c1-4-5-9-16-11-12-18-14(3)7-6-13(2)17-10-8-15/h13-15H,4-12H2,1-3H3. The van der Waals surface area contributed by atoms with Crippen molar-refractivity contribution < 1.29 is 19.3 Å². The van der Waals surface area contributed by atoms with Gasteiger partial charge in [-0.1, -0.05) is 13.3 Å². The number of aliphatic hydroxyl groups excluding tert-OH is 1. The number of unbranched alkanes of at least 4 members (excludes halogenated alkanes) is 1. The predicted octanol–water partition coefficient (Wildman–Crippen LogP) is 2.39. The highest BCUT2D eigenvalue weighted by Gasteiger charge is 2.07. The van der Waals surface area contributed by atoms with Crippen LogP contribution in [-0.4, -0.2) is 50.3 Å².